The molecule has 1 fully saturated rings. The van der Waals surface area contributed by atoms with Crippen LogP contribution in [0.5, 0.6) is 0 Å². The van der Waals surface area contributed by atoms with Crippen LogP contribution in [-0.4, -0.2) is 25.0 Å². The molecule has 206 valence electrons. The molecule has 4 aromatic carbocycles. The molecule has 1 heterocycles. The van der Waals surface area contributed by atoms with Gasteiger partial charge in [-0.3, -0.25) is 9.52 Å². The van der Waals surface area contributed by atoms with E-state index in [0.29, 0.717) is 10.7 Å². The van der Waals surface area contributed by atoms with Crippen LogP contribution < -0.4 is 4.72 Å². The van der Waals surface area contributed by atoms with Crippen LogP contribution >= 0.6 is 11.6 Å². The number of anilines is 1. The number of carbonyl (C=O) groups is 1. The first kappa shape index (κ1) is 27.0. The lowest BCUT2D eigenvalue weighted by atomic mass is 9.77. The number of halogens is 1. The lowest BCUT2D eigenvalue weighted by Crippen LogP contribution is -2.32. The van der Waals surface area contributed by atoms with Crippen molar-refractivity contribution in [2.24, 2.45) is 11.0 Å². The fraction of sp³-hybridized carbons (Fsp3) is 0.152. The van der Waals surface area contributed by atoms with Gasteiger partial charge in [-0.05, 0) is 84.5 Å². The van der Waals surface area contributed by atoms with Gasteiger partial charge >= 0.3 is 0 Å². The number of hydrogen-bond acceptors (Lipinski definition) is 4. The van der Waals surface area contributed by atoms with Gasteiger partial charge in [0.2, 0.25) is 0 Å². The second kappa shape index (κ2) is 11.4. The standard InChI is InChI=1S/C33H28ClN3O3S/c34-27-17-19-28(20-18-27)36-41(39,40)29-15-7-14-26(22-29)33(38)37-32(24-11-5-2-6-12-24)30-16-8-13-25(31(30)35-37)21-23-9-3-1-4-10-23/h1-7,9-12,14-15,17-22,30,32,36H,8,13,16H2/b25-21-/t30-,32-/m0/s1. The summed E-state index contributed by atoms with van der Waals surface area (Å²) in [6.45, 7) is 0. The molecular formula is C33H28ClN3O3S. The Bertz CT molecular complexity index is 1740. The Morgan fingerprint density at radius 2 is 1.61 bits per heavy atom. The smallest absolute Gasteiger partial charge is 0.274 e. The maximum atomic E-state index is 14.1. The van der Waals surface area contributed by atoms with Gasteiger partial charge in [-0.15, -0.1) is 0 Å². The van der Waals surface area contributed by atoms with Crippen molar-refractivity contribution in [3.8, 4) is 0 Å². The molecule has 0 aromatic heterocycles. The Balaban J connectivity index is 1.36. The Morgan fingerprint density at radius 3 is 2.34 bits per heavy atom. The second-order valence-electron chi connectivity index (χ2n) is 10.2. The van der Waals surface area contributed by atoms with Crippen molar-refractivity contribution in [2.75, 3.05) is 4.72 Å². The summed E-state index contributed by atoms with van der Waals surface area (Å²) < 4.78 is 28.9. The lowest BCUT2D eigenvalue weighted by Gasteiger charge is -2.29. The number of nitrogens with one attached hydrogen (secondary N) is 1. The highest BCUT2D eigenvalue weighted by Gasteiger charge is 2.44. The number of amides is 1. The third-order valence-electron chi connectivity index (χ3n) is 7.48. The third-order valence-corrected chi connectivity index (χ3v) is 9.11. The molecule has 1 N–H and O–H groups in total. The fourth-order valence-corrected chi connectivity index (χ4v) is 6.79. The van der Waals surface area contributed by atoms with Crippen molar-refractivity contribution in [2.45, 2.75) is 30.2 Å². The van der Waals surface area contributed by atoms with E-state index in [1.807, 2.05) is 48.5 Å². The molecule has 41 heavy (non-hydrogen) atoms. The number of hydrazone groups is 1. The number of benzene rings is 4. The van der Waals surface area contributed by atoms with Crippen LogP contribution in [0.15, 0.2) is 125 Å². The van der Waals surface area contributed by atoms with Crippen LogP contribution in [0.4, 0.5) is 5.69 Å². The van der Waals surface area contributed by atoms with Crippen LogP contribution in [0.3, 0.4) is 0 Å². The van der Waals surface area contributed by atoms with Crippen molar-refractivity contribution < 1.29 is 13.2 Å². The maximum Gasteiger partial charge on any atom is 0.274 e. The predicted octanol–water partition coefficient (Wildman–Crippen LogP) is 7.58. The molecule has 8 heteroatoms. The molecule has 0 bridgehead atoms. The van der Waals surface area contributed by atoms with E-state index in [1.54, 1.807) is 41.4 Å². The average Bonchev–Trinajstić information content (AvgIpc) is 3.40. The minimum Gasteiger partial charge on any atom is -0.280 e. The molecule has 2 aliphatic rings. The van der Waals surface area contributed by atoms with Crippen molar-refractivity contribution in [3.63, 3.8) is 0 Å². The topological polar surface area (TPSA) is 78.8 Å². The first-order valence-electron chi connectivity index (χ1n) is 13.5. The largest absolute Gasteiger partial charge is 0.280 e. The van der Waals surface area contributed by atoms with Gasteiger partial charge in [0, 0.05) is 22.2 Å². The zero-order chi connectivity index (χ0) is 28.4. The Morgan fingerprint density at radius 1 is 0.902 bits per heavy atom. The third kappa shape index (κ3) is 5.69. The minimum atomic E-state index is -3.94. The molecular weight excluding hydrogens is 554 g/mol. The van der Waals surface area contributed by atoms with E-state index >= 15 is 0 Å². The summed E-state index contributed by atoms with van der Waals surface area (Å²) in [5.41, 5.74) is 4.78. The molecule has 6 nitrogen and oxygen atoms in total. The summed E-state index contributed by atoms with van der Waals surface area (Å²) in [6.07, 6.45) is 4.96. The molecule has 1 saturated carbocycles. The number of nitrogens with zero attached hydrogens (tertiary/aromatic N) is 2. The maximum absolute atomic E-state index is 14.1. The summed E-state index contributed by atoms with van der Waals surface area (Å²) >= 11 is 5.94. The van der Waals surface area contributed by atoms with Crippen molar-refractivity contribution in [3.05, 3.63) is 136 Å². The van der Waals surface area contributed by atoms with Gasteiger partial charge in [0.1, 0.15) is 0 Å². The van der Waals surface area contributed by atoms with E-state index in [2.05, 4.69) is 22.9 Å². The van der Waals surface area contributed by atoms with Crippen molar-refractivity contribution in [1.82, 2.24) is 5.01 Å². The van der Waals surface area contributed by atoms with Crippen LogP contribution in [-0.2, 0) is 10.0 Å². The van der Waals surface area contributed by atoms with Crippen molar-refractivity contribution in [1.29, 1.82) is 0 Å². The first-order valence-corrected chi connectivity index (χ1v) is 15.4. The minimum absolute atomic E-state index is 0.0107. The van der Waals surface area contributed by atoms with Crippen LogP contribution in [0, 0.1) is 5.92 Å². The highest BCUT2D eigenvalue weighted by molar-refractivity contribution is 7.92. The van der Waals surface area contributed by atoms with Gasteiger partial charge in [-0.1, -0.05) is 78.3 Å². The normalized spacial score (nSPS) is 19.5. The van der Waals surface area contributed by atoms with Gasteiger partial charge < -0.3 is 0 Å². The van der Waals surface area contributed by atoms with Gasteiger partial charge in [0.05, 0.1) is 16.6 Å². The number of fused-ring (bicyclic) bond motifs is 1. The highest BCUT2D eigenvalue weighted by atomic mass is 35.5. The predicted molar refractivity (Wildman–Crippen MR) is 163 cm³/mol. The van der Waals surface area contributed by atoms with Gasteiger partial charge in [-0.2, -0.15) is 5.10 Å². The van der Waals surface area contributed by atoms with E-state index < -0.39 is 10.0 Å². The van der Waals surface area contributed by atoms with Gasteiger partial charge in [-0.25, -0.2) is 13.4 Å². The summed E-state index contributed by atoms with van der Waals surface area (Å²) in [5.74, 6) is -0.299. The number of carbonyl (C=O) groups excluding carboxylic acids is 1. The quantitative estimate of drug-likeness (QED) is 0.255. The molecule has 1 amide bonds. The monoisotopic (exact) mass is 581 g/mol. The zero-order valence-electron chi connectivity index (χ0n) is 22.2. The van der Waals surface area contributed by atoms with Crippen LogP contribution in [0.2, 0.25) is 5.02 Å². The van der Waals surface area contributed by atoms with Gasteiger partial charge in [0.25, 0.3) is 15.9 Å². The fourth-order valence-electron chi connectivity index (χ4n) is 5.56. The molecule has 1 aliphatic carbocycles. The molecule has 1 aliphatic heterocycles. The van der Waals surface area contributed by atoms with E-state index in [0.717, 1.165) is 41.7 Å². The van der Waals surface area contributed by atoms with E-state index in [-0.39, 0.29) is 28.3 Å². The Labute approximate surface area is 245 Å². The second-order valence-corrected chi connectivity index (χ2v) is 12.3. The molecule has 2 atom stereocenters. The molecule has 4 aromatic rings. The SMILES string of the molecule is O=C(c1cccc(S(=O)(=O)Nc2ccc(Cl)cc2)c1)N1N=C2/C(=C\c3ccccc3)CCC[C@@H]2[C@@H]1c1ccccc1. The first-order chi connectivity index (χ1) is 19.9. The van der Waals surface area contributed by atoms with E-state index in [4.69, 9.17) is 16.7 Å². The van der Waals surface area contributed by atoms with Crippen LogP contribution in [0.1, 0.15) is 46.8 Å². The van der Waals surface area contributed by atoms with Crippen molar-refractivity contribution >= 4 is 45.0 Å². The number of allylic oxidation sites excluding steroid dienone is 1. The zero-order valence-corrected chi connectivity index (χ0v) is 23.7. The number of sulfonamides is 1. The summed E-state index contributed by atoms with van der Waals surface area (Å²) in [7, 11) is -3.94. The average molecular weight is 582 g/mol. The van der Waals surface area contributed by atoms with E-state index in [1.165, 1.54) is 12.1 Å². The molecule has 0 spiro atoms. The number of hydrogen-bond donors (Lipinski definition) is 1. The molecule has 0 unspecified atom stereocenters. The van der Waals surface area contributed by atoms with Gasteiger partial charge in [0.15, 0.2) is 0 Å². The van der Waals surface area contributed by atoms with Crippen LogP contribution in [0.25, 0.3) is 6.08 Å². The summed E-state index contributed by atoms with van der Waals surface area (Å²) in [6, 6.07) is 32.3. The Kier molecular flexibility index (Phi) is 7.47. The number of rotatable bonds is 6. The summed E-state index contributed by atoms with van der Waals surface area (Å²) in [4.78, 5) is 14.1. The summed E-state index contributed by atoms with van der Waals surface area (Å²) in [5, 5.41) is 7.00. The van der Waals surface area contributed by atoms with E-state index in [9.17, 15) is 13.2 Å². The Hall–Kier alpha value is -4.20. The molecule has 6 rings (SSSR count). The molecule has 0 saturated heterocycles. The lowest BCUT2D eigenvalue weighted by molar-refractivity contribution is 0.0680. The highest BCUT2D eigenvalue weighted by Crippen LogP contribution is 2.45. The molecule has 0 radical (unpaired) electrons.